The molecule has 0 aliphatic carbocycles. The zero-order valence-electron chi connectivity index (χ0n) is 11.2. The summed E-state index contributed by atoms with van der Waals surface area (Å²) < 4.78 is 5.24. The highest BCUT2D eigenvalue weighted by Crippen LogP contribution is 2.24. The Hall–Kier alpha value is -1.55. The second-order valence-electron chi connectivity index (χ2n) is 4.28. The van der Waals surface area contributed by atoms with Crippen molar-refractivity contribution in [2.45, 2.75) is 27.3 Å². The second kappa shape index (κ2) is 5.40. The van der Waals surface area contributed by atoms with Crippen LogP contribution in [-0.2, 0) is 6.54 Å². The molecule has 2 rings (SSSR count). The summed E-state index contributed by atoms with van der Waals surface area (Å²) in [7, 11) is 1.69. The fraction of sp³-hybridized carbons (Fsp3) is 0.357. The summed E-state index contributed by atoms with van der Waals surface area (Å²) in [6.45, 7) is 6.99. The predicted molar refractivity (Wildman–Crippen MR) is 76.6 cm³/mol. The van der Waals surface area contributed by atoms with Crippen LogP contribution in [-0.4, -0.2) is 12.1 Å². The van der Waals surface area contributed by atoms with Crippen LogP contribution < -0.4 is 10.1 Å². The molecule has 3 nitrogen and oxygen atoms in total. The maximum Gasteiger partial charge on any atom is 0.120 e. The summed E-state index contributed by atoms with van der Waals surface area (Å²) in [4.78, 5) is 5.72. The Balaban J connectivity index is 2.12. The predicted octanol–water partition coefficient (Wildman–Crippen LogP) is 3.69. The van der Waals surface area contributed by atoms with Gasteiger partial charge in [-0.1, -0.05) is 6.07 Å². The van der Waals surface area contributed by atoms with E-state index >= 15 is 0 Å². The van der Waals surface area contributed by atoms with Crippen LogP contribution in [0.15, 0.2) is 18.2 Å². The molecule has 4 heteroatoms. The summed E-state index contributed by atoms with van der Waals surface area (Å²) >= 11 is 1.74. The molecule has 0 atom stereocenters. The Labute approximate surface area is 112 Å². The normalized spacial score (nSPS) is 10.4. The number of methoxy groups -OCH3 is 1. The van der Waals surface area contributed by atoms with Crippen LogP contribution in [0.25, 0.3) is 0 Å². The molecule has 0 radical (unpaired) electrons. The molecule has 0 amide bonds. The van der Waals surface area contributed by atoms with Crippen LogP contribution in [0, 0.1) is 20.8 Å². The summed E-state index contributed by atoms with van der Waals surface area (Å²) in [6.07, 6.45) is 0. The molecule has 0 unspecified atom stereocenters. The van der Waals surface area contributed by atoms with Crippen molar-refractivity contribution in [1.29, 1.82) is 0 Å². The van der Waals surface area contributed by atoms with Crippen molar-refractivity contribution >= 4 is 17.0 Å². The number of ether oxygens (including phenoxy) is 1. The lowest BCUT2D eigenvalue weighted by Crippen LogP contribution is -2.01. The molecule has 0 saturated carbocycles. The van der Waals surface area contributed by atoms with Gasteiger partial charge in [0.2, 0.25) is 0 Å². The van der Waals surface area contributed by atoms with Crippen LogP contribution in [0.5, 0.6) is 5.75 Å². The number of anilines is 1. The Morgan fingerprint density at radius 3 is 2.67 bits per heavy atom. The van der Waals surface area contributed by atoms with Crippen molar-refractivity contribution in [1.82, 2.24) is 4.98 Å². The van der Waals surface area contributed by atoms with Crippen LogP contribution in [0.3, 0.4) is 0 Å². The van der Waals surface area contributed by atoms with Crippen molar-refractivity contribution in [3.8, 4) is 5.75 Å². The maximum atomic E-state index is 5.24. The molecule has 0 fully saturated rings. The number of thiazole rings is 1. The van der Waals surface area contributed by atoms with Crippen LogP contribution in [0.1, 0.15) is 21.1 Å². The van der Waals surface area contributed by atoms with Gasteiger partial charge in [0.05, 0.1) is 24.4 Å². The van der Waals surface area contributed by atoms with Crippen molar-refractivity contribution in [3.05, 3.63) is 39.3 Å². The Bertz CT molecular complexity index is 549. The number of nitrogens with one attached hydrogen (secondary N) is 1. The van der Waals surface area contributed by atoms with Gasteiger partial charge < -0.3 is 10.1 Å². The lowest BCUT2D eigenvalue weighted by atomic mass is 10.2. The van der Waals surface area contributed by atoms with Crippen LogP contribution in [0.4, 0.5) is 5.69 Å². The lowest BCUT2D eigenvalue weighted by Gasteiger charge is -2.10. The van der Waals surface area contributed by atoms with E-state index in [1.54, 1.807) is 18.4 Å². The number of rotatable bonds is 4. The van der Waals surface area contributed by atoms with Crippen LogP contribution in [0.2, 0.25) is 0 Å². The molecule has 0 aliphatic rings. The largest absolute Gasteiger partial charge is 0.497 e. The van der Waals surface area contributed by atoms with Gasteiger partial charge in [-0.05, 0) is 32.4 Å². The van der Waals surface area contributed by atoms with E-state index in [0.29, 0.717) is 0 Å². The smallest absolute Gasteiger partial charge is 0.120 e. The number of nitrogens with zero attached hydrogens (tertiary/aromatic N) is 1. The summed E-state index contributed by atoms with van der Waals surface area (Å²) in [5, 5.41) is 4.57. The SMILES string of the molecule is COc1ccc(C)c(NCc2sc(C)nc2C)c1. The van der Waals surface area contributed by atoms with Crippen molar-refractivity contribution in [2.24, 2.45) is 0 Å². The molecule has 1 heterocycles. The van der Waals surface area contributed by atoms with E-state index in [-0.39, 0.29) is 0 Å². The van der Waals surface area contributed by atoms with E-state index in [2.05, 4.69) is 30.2 Å². The molecular weight excluding hydrogens is 244 g/mol. The van der Waals surface area contributed by atoms with E-state index in [0.717, 1.165) is 28.7 Å². The maximum absolute atomic E-state index is 5.24. The molecule has 18 heavy (non-hydrogen) atoms. The molecule has 1 aromatic carbocycles. The topological polar surface area (TPSA) is 34.1 Å². The van der Waals surface area contributed by atoms with Crippen molar-refractivity contribution in [3.63, 3.8) is 0 Å². The van der Waals surface area contributed by atoms with Gasteiger partial charge in [0.25, 0.3) is 0 Å². The van der Waals surface area contributed by atoms with Crippen LogP contribution >= 0.6 is 11.3 Å². The first-order valence-corrected chi connectivity index (χ1v) is 6.73. The average molecular weight is 262 g/mol. The van der Waals surface area contributed by atoms with Gasteiger partial charge in [0.1, 0.15) is 5.75 Å². The van der Waals surface area contributed by atoms with Crippen molar-refractivity contribution < 1.29 is 4.74 Å². The van der Waals surface area contributed by atoms with E-state index in [9.17, 15) is 0 Å². The molecular formula is C14H18N2OS. The summed E-state index contributed by atoms with van der Waals surface area (Å²) in [6, 6.07) is 6.06. The first kappa shape index (κ1) is 12.9. The van der Waals surface area contributed by atoms with E-state index in [4.69, 9.17) is 4.74 Å². The quantitative estimate of drug-likeness (QED) is 0.912. The van der Waals surface area contributed by atoms with Gasteiger partial charge in [0.15, 0.2) is 0 Å². The minimum Gasteiger partial charge on any atom is -0.497 e. The molecule has 0 saturated heterocycles. The highest BCUT2D eigenvalue weighted by molar-refractivity contribution is 7.11. The Morgan fingerprint density at radius 2 is 2.06 bits per heavy atom. The summed E-state index contributed by atoms with van der Waals surface area (Å²) in [5.41, 5.74) is 3.44. The van der Waals surface area contributed by atoms with Gasteiger partial charge in [-0.25, -0.2) is 4.98 Å². The first-order valence-electron chi connectivity index (χ1n) is 5.91. The van der Waals surface area contributed by atoms with E-state index in [1.165, 1.54) is 10.4 Å². The molecule has 96 valence electrons. The summed E-state index contributed by atoms with van der Waals surface area (Å²) in [5.74, 6) is 0.875. The highest BCUT2D eigenvalue weighted by Gasteiger charge is 2.06. The number of hydrogen-bond acceptors (Lipinski definition) is 4. The minimum atomic E-state index is 0.811. The number of aryl methyl sites for hydroxylation is 3. The Morgan fingerprint density at radius 1 is 1.28 bits per heavy atom. The molecule has 1 aromatic heterocycles. The standard InChI is InChI=1S/C14H18N2OS/c1-9-5-6-12(17-4)7-13(9)15-8-14-10(2)16-11(3)18-14/h5-7,15H,8H2,1-4H3. The zero-order chi connectivity index (χ0) is 13.1. The third-order valence-corrected chi connectivity index (χ3v) is 3.96. The number of hydrogen-bond donors (Lipinski definition) is 1. The van der Waals surface area contributed by atoms with Gasteiger partial charge in [-0.3, -0.25) is 0 Å². The molecule has 1 N–H and O–H groups in total. The zero-order valence-corrected chi connectivity index (χ0v) is 12.0. The minimum absolute atomic E-state index is 0.811. The second-order valence-corrected chi connectivity index (χ2v) is 5.56. The third-order valence-electron chi connectivity index (χ3n) is 2.88. The third kappa shape index (κ3) is 2.82. The molecule has 0 bridgehead atoms. The number of benzene rings is 1. The monoisotopic (exact) mass is 262 g/mol. The fourth-order valence-electron chi connectivity index (χ4n) is 1.83. The molecule has 0 aliphatic heterocycles. The number of aromatic nitrogens is 1. The average Bonchev–Trinajstić information content (AvgIpc) is 2.67. The molecule has 2 aromatic rings. The van der Waals surface area contributed by atoms with Gasteiger partial charge in [0, 0.05) is 16.6 Å². The van der Waals surface area contributed by atoms with Gasteiger partial charge in [-0.2, -0.15) is 0 Å². The van der Waals surface area contributed by atoms with E-state index in [1.807, 2.05) is 19.1 Å². The highest BCUT2D eigenvalue weighted by atomic mass is 32.1. The molecule has 0 spiro atoms. The first-order chi connectivity index (χ1) is 8.60. The van der Waals surface area contributed by atoms with Crippen molar-refractivity contribution in [2.75, 3.05) is 12.4 Å². The fourth-order valence-corrected chi connectivity index (χ4v) is 2.71. The van der Waals surface area contributed by atoms with Gasteiger partial charge >= 0.3 is 0 Å². The van der Waals surface area contributed by atoms with Gasteiger partial charge in [-0.15, -0.1) is 11.3 Å². The Kier molecular flexibility index (Phi) is 3.87. The van der Waals surface area contributed by atoms with E-state index < -0.39 is 0 Å². The lowest BCUT2D eigenvalue weighted by molar-refractivity contribution is 0.415.